The van der Waals surface area contributed by atoms with Gasteiger partial charge in [-0.3, -0.25) is 0 Å². The predicted molar refractivity (Wildman–Crippen MR) is 46.0 cm³/mol. The Balaban J connectivity index is 2.32. The van der Waals surface area contributed by atoms with E-state index in [1.165, 1.54) is 16.2 Å². The Kier molecular flexibility index (Phi) is 3.04. The maximum absolute atomic E-state index is 10.9. The van der Waals surface area contributed by atoms with Crippen LogP contribution in [0.5, 0.6) is 0 Å². The second-order valence-electron chi connectivity index (χ2n) is 2.37. The SMILES string of the molecule is CN(C)C(=O)OCc1nccs1. The summed E-state index contributed by atoms with van der Waals surface area (Å²) in [7, 11) is 3.29. The highest BCUT2D eigenvalue weighted by molar-refractivity contribution is 7.09. The van der Waals surface area contributed by atoms with Crippen molar-refractivity contribution in [3.8, 4) is 0 Å². The second-order valence-corrected chi connectivity index (χ2v) is 3.35. The van der Waals surface area contributed by atoms with Crippen LogP contribution < -0.4 is 0 Å². The Morgan fingerprint density at radius 2 is 2.50 bits per heavy atom. The summed E-state index contributed by atoms with van der Waals surface area (Å²) in [6, 6.07) is 0. The number of ether oxygens (including phenoxy) is 1. The van der Waals surface area contributed by atoms with Gasteiger partial charge in [0.25, 0.3) is 0 Å². The maximum Gasteiger partial charge on any atom is 0.409 e. The lowest BCUT2D eigenvalue weighted by atomic mass is 10.7. The van der Waals surface area contributed by atoms with Crippen molar-refractivity contribution in [3.63, 3.8) is 0 Å². The van der Waals surface area contributed by atoms with E-state index < -0.39 is 0 Å². The van der Waals surface area contributed by atoms with Gasteiger partial charge in [-0.15, -0.1) is 11.3 Å². The van der Waals surface area contributed by atoms with E-state index in [1.54, 1.807) is 20.3 Å². The summed E-state index contributed by atoms with van der Waals surface area (Å²) in [5.41, 5.74) is 0. The summed E-state index contributed by atoms with van der Waals surface area (Å²) in [5.74, 6) is 0. The lowest BCUT2D eigenvalue weighted by Crippen LogP contribution is -2.22. The number of nitrogens with zero attached hydrogens (tertiary/aromatic N) is 2. The van der Waals surface area contributed by atoms with Gasteiger partial charge in [-0.2, -0.15) is 0 Å². The van der Waals surface area contributed by atoms with Gasteiger partial charge in [0.15, 0.2) is 0 Å². The second kappa shape index (κ2) is 4.06. The van der Waals surface area contributed by atoms with Crippen LogP contribution in [0.1, 0.15) is 5.01 Å². The number of carbonyl (C=O) groups is 1. The predicted octanol–water partition coefficient (Wildman–Crippen LogP) is 1.34. The summed E-state index contributed by atoms with van der Waals surface area (Å²) in [6.07, 6.45) is 1.34. The van der Waals surface area contributed by atoms with E-state index in [9.17, 15) is 4.79 Å². The third-order valence-corrected chi connectivity index (χ3v) is 1.92. The molecule has 0 radical (unpaired) electrons. The molecule has 1 aromatic rings. The van der Waals surface area contributed by atoms with Crippen LogP contribution in [-0.4, -0.2) is 30.1 Å². The Morgan fingerprint density at radius 1 is 1.75 bits per heavy atom. The van der Waals surface area contributed by atoms with E-state index in [2.05, 4.69) is 4.98 Å². The number of thiazole rings is 1. The molecular formula is C7H10N2O2S. The van der Waals surface area contributed by atoms with E-state index >= 15 is 0 Å². The molecule has 0 N–H and O–H groups in total. The molecule has 1 heterocycles. The van der Waals surface area contributed by atoms with E-state index in [4.69, 9.17) is 4.74 Å². The third kappa shape index (κ3) is 2.50. The number of amides is 1. The summed E-state index contributed by atoms with van der Waals surface area (Å²) in [6.45, 7) is 0.259. The smallest absolute Gasteiger partial charge is 0.409 e. The molecule has 0 aliphatic carbocycles. The van der Waals surface area contributed by atoms with Crippen molar-refractivity contribution >= 4 is 17.4 Å². The van der Waals surface area contributed by atoms with Gasteiger partial charge in [0.05, 0.1) is 0 Å². The van der Waals surface area contributed by atoms with Gasteiger partial charge in [-0.25, -0.2) is 9.78 Å². The highest BCUT2D eigenvalue weighted by Gasteiger charge is 2.05. The number of aromatic nitrogens is 1. The van der Waals surface area contributed by atoms with Gasteiger partial charge >= 0.3 is 6.09 Å². The number of hydrogen-bond acceptors (Lipinski definition) is 4. The molecule has 1 rings (SSSR count). The van der Waals surface area contributed by atoms with Crippen LogP contribution in [0.4, 0.5) is 4.79 Å². The van der Waals surface area contributed by atoms with Gasteiger partial charge in [-0.1, -0.05) is 0 Å². The molecule has 0 saturated heterocycles. The first-order valence-electron chi connectivity index (χ1n) is 3.42. The zero-order valence-corrected chi connectivity index (χ0v) is 7.80. The molecule has 0 aliphatic rings. The lowest BCUT2D eigenvalue weighted by Gasteiger charge is -2.09. The van der Waals surface area contributed by atoms with Gasteiger partial charge in [-0.05, 0) is 0 Å². The van der Waals surface area contributed by atoms with Gasteiger partial charge < -0.3 is 9.64 Å². The average Bonchev–Trinajstić information content (AvgIpc) is 2.51. The Hall–Kier alpha value is -1.10. The van der Waals surface area contributed by atoms with Crippen molar-refractivity contribution in [2.45, 2.75) is 6.61 Å². The zero-order valence-electron chi connectivity index (χ0n) is 6.98. The lowest BCUT2D eigenvalue weighted by molar-refractivity contribution is 0.112. The first kappa shape index (κ1) is 8.99. The molecule has 12 heavy (non-hydrogen) atoms. The van der Waals surface area contributed by atoms with E-state index in [1.807, 2.05) is 5.38 Å². The van der Waals surface area contributed by atoms with Gasteiger partial charge in [0.2, 0.25) is 0 Å². The molecule has 5 heteroatoms. The standard InChI is InChI=1S/C7H10N2O2S/c1-9(2)7(10)11-5-6-8-3-4-12-6/h3-4H,5H2,1-2H3. The first-order chi connectivity index (χ1) is 5.70. The molecule has 0 fully saturated rings. The van der Waals surface area contributed by atoms with E-state index in [-0.39, 0.29) is 12.7 Å². The Labute approximate surface area is 74.8 Å². The zero-order chi connectivity index (χ0) is 8.97. The molecule has 0 bridgehead atoms. The van der Waals surface area contributed by atoms with Crippen molar-refractivity contribution < 1.29 is 9.53 Å². The molecule has 0 aliphatic heterocycles. The summed E-state index contributed by atoms with van der Waals surface area (Å²) in [5, 5.41) is 2.66. The molecule has 1 amide bonds. The quantitative estimate of drug-likeness (QED) is 0.700. The van der Waals surface area contributed by atoms with Gasteiger partial charge in [0.1, 0.15) is 11.6 Å². The van der Waals surface area contributed by atoms with Crippen LogP contribution in [0.3, 0.4) is 0 Å². The molecule has 1 aromatic heterocycles. The molecule has 0 atom stereocenters. The van der Waals surface area contributed by atoms with Crippen LogP contribution >= 0.6 is 11.3 Å². The van der Waals surface area contributed by atoms with E-state index in [0.717, 1.165) is 5.01 Å². The number of rotatable bonds is 2. The number of carbonyl (C=O) groups excluding carboxylic acids is 1. The topological polar surface area (TPSA) is 42.4 Å². The molecule has 4 nitrogen and oxygen atoms in total. The minimum atomic E-state index is -0.342. The normalized spacial score (nSPS) is 9.50. The minimum Gasteiger partial charge on any atom is -0.442 e. The molecule has 66 valence electrons. The fourth-order valence-corrected chi connectivity index (χ4v) is 1.10. The van der Waals surface area contributed by atoms with Crippen LogP contribution in [-0.2, 0) is 11.3 Å². The van der Waals surface area contributed by atoms with E-state index in [0.29, 0.717) is 0 Å². The summed E-state index contributed by atoms with van der Waals surface area (Å²) >= 11 is 1.47. The van der Waals surface area contributed by atoms with Crippen LogP contribution in [0.2, 0.25) is 0 Å². The van der Waals surface area contributed by atoms with Crippen molar-refractivity contribution in [3.05, 3.63) is 16.6 Å². The largest absolute Gasteiger partial charge is 0.442 e. The summed E-state index contributed by atoms with van der Waals surface area (Å²) in [4.78, 5) is 16.3. The third-order valence-electron chi connectivity index (χ3n) is 1.17. The fourth-order valence-electron chi connectivity index (χ4n) is 0.577. The van der Waals surface area contributed by atoms with Crippen LogP contribution in [0, 0.1) is 0 Å². The highest BCUT2D eigenvalue weighted by Crippen LogP contribution is 2.05. The molecule has 0 spiro atoms. The Morgan fingerprint density at radius 3 is 3.00 bits per heavy atom. The monoisotopic (exact) mass is 186 g/mol. The molecule has 0 unspecified atom stereocenters. The average molecular weight is 186 g/mol. The molecular weight excluding hydrogens is 176 g/mol. The highest BCUT2D eigenvalue weighted by atomic mass is 32.1. The maximum atomic E-state index is 10.9. The number of hydrogen-bond donors (Lipinski definition) is 0. The minimum absolute atomic E-state index is 0.259. The molecule has 0 aromatic carbocycles. The van der Waals surface area contributed by atoms with Gasteiger partial charge in [0, 0.05) is 25.7 Å². The van der Waals surface area contributed by atoms with Crippen molar-refractivity contribution in [1.29, 1.82) is 0 Å². The molecule has 0 saturated carbocycles. The first-order valence-corrected chi connectivity index (χ1v) is 4.30. The van der Waals surface area contributed by atoms with Crippen molar-refractivity contribution in [2.24, 2.45) is 0 Å². The fraction of sp³-hybridized carbons (Fsp3) is 0.429. The Bertz CT molecular complexity index is 246. The van der Waals surface area contributed by atoms with Crippen molar-refractivity contribution in [2.75, 3.05) is 14.1 Å². The van der Waals surface area contributed by atoms with Crippen LogP contribution in [0.25, 0.3) is 0 Å². The van der Waals surface area contributed by atoms with Crippen molar-refractivity contribution in [1.82, 2.24) is 9.88 Å². The summed E-state index contributed by atoms with van der Waals surface area (Å²) < 4.78 is 4.88. The van der Waals surface area contributed by atoms with Crippen LogP contribution in [0.15, 0.2) is 11.6 Å².